The predicted octanol–water partition coefficient (Wildman–Crippen LogP) is 3.38. The number of aromatic amines is 1. The SMILES string of the molecule is Cc1cn([C@@H]2O[C@@]34CO[Si](C(C)C)(C(C)C)O[Si](C(C)C)(C(C)C)O[C@H]3[C@@H]2N(C)C4)c(=O)[nH]c1=O. The highest BCUT2D eigenvalue weighted by molar-refractivity contribution is 6.84. The molecule has 4 heterocycles. The molecule has 0 amide bonds. The standard InChI is InChI=1S/C24H43N3O6Si2/c1-14(2)34(15(3)4)30-13-24-12-26(10)19(20(24)32-35(33-34,16(5)6)17(7)8)22(31-24)27-11-18(9)21(28)25-23(27)29/h11,14-17,19-20,22H,12-13H2,1-10H3,(H,25,28,29)/t19-,20-,22+,24-/m0/s1. The summed E-state index contributed by atoms with van der Waals surface area (Å²) in [6, 6.07) is -0.207. The van der Waals surface area contributed by atoms with Gasteiger partial charge in [-0.05, 0) is 36.1 Å². The van der Waals surface area contributed by atoms with E-state index in [9.17, 15) is 9.59 Å². The number of likely N-dealkylation sites (tertiary alicyclic amines) is 1. The maximum Gasteiger partial charge on any atom is 0.335 e. The lowest BCUT2D eigenvalue weighted by atomic mass is 10.0. The molecule has 3 aliphatic rings. The smallest absolute Gasteiger partial charge is 0.335 e. The molecule has 0 radical (unpaired) electrons. The number of aromatic nitrogens is 2. The van der Waals surface area contributed by atoms with Crippen molar-refractivity contribution in [2.75, 3.05) is 20.2 Å². The summed E-state index contributed by atoms with van der Waals surface area (Å²) in [5, 5.41) is 0. The van der Waals surface area contributed by atoms with Gasteiger partial charge < -0.3 is 17.7 Å². The van der Waals surface area contributed by atoms with E-state index in [1.165, 1.54) is 4.57 Å². The Morgan fingerprint density at radius 2 is 1.57 bits per heavy atom. The number of hydrogen-bond donors (Lipinski definition) is 1. The third-order valence-corrected chi connectivity index (χ3v) is 18.5. The minimum atomic E-state index is -2.82. The summed E-state index contributed by atoms with van der Waals surface area (Å²) in [4.78, 5) is 29.5. The Hall–Kier alpha value is -1.09. The van der Waals surface area contributed by atoms with Crippen molar-refractivity contribution in [2.45, 2.75) is 108 Å². The Bertz CT molecular complexity index is 1050. The molecule has 3 aliphatic heterocycles. The van der Waals surface area contributed by atoms with Crippen LogP contribution in [-0.2, 0) is 17.7 Å². The zero-order valence-electron chi connectivity index (χ0n) is 22.9. The largest absolute Gasteiger partial charge is 0.414 e. The van der Waals surface area contributed by atoms with E-state index < -0.39 is 34.6 Å². The molecule has 35 heavy (non-hydrogen) atoms. The van der Waals surface area contributed by atoms with Gasteiger partial charge in [0.1, 0.15) is 5.60 Å². The molecule has 3 saturated heterocycles. The maximum atomic E-state index is 12.9. The summed E-state index contributed by atoms with van der Waals surface area (Å²) in [6.07, 6.45) is 0.696. The second kappa shape index (κ2) is 9.03. The second-order valence-corrected chi connectivity index (χ2v) is 20.8. The van der Waals surface area contributed by atoms with Crippen LogP contribution in [0.4, 0.5) is 0 Å². The first-order valence-corrected chi connectivity index (χ1v) is 16.9. The molecule has 0 spiro atoms. The zero-order valence-corrected chi connectivity index (χ0v) is 24.9. The predicted molar refractivity (Wildman–Crippen MR) is 139 cm³/mol. The highest BCUT2D eigenvalue weighted by atomic mass is 28.5. The average Bonchev–Trinajstić information content (AvgIpc) is 3.17. The molecule has 198 valence electrons. The molecule has 2 bridgehead atoms. The Morgan fingerprint density at radius 3 is 2.11 bits per heavy atom. The molecular weight excluding hydrogens is 482 g/mol. The number of likely N-dealkylation sites (N-methyl/N-ethyl adjacent to an activating group) is 1. The van der Waals surface area contributed by atoms with Gasteiger partial charge >= 0.3 is 22.8 Å². The molecule has 0 aliphatic carbocycles. The van der Waals surface area contributed by atoms with Gasteiger partial charge in [0.2, 0.25) is 0 Å². The van der Waals surface area contributed by atoms with Crippen LogP contribution in [0.3, 0.4) is 0 Å². The van der Waals surface area contributed by atoms with Crippen molar-refractivity contribution in [2.24, 2.45) is 0 Å². The van der Waals surface area contributed by atoms with Crippen LogP contribution in [0.25, 0.3) is 0 Å². The van der Waals surface area contributed by atoms with Gasteiger partial charge in [-0.3, -0.25) is 19.2 Å². The van der Waals surface area contributed by atoms with Crippen molar-refractivity contribution in [3.05, 3.63) is 32.6 Å². The molecule has 0 aromatic carbocycles. The normalized spacial score (nSPS) is 32.5. The van der Waals surface area contributed by atoms with E-state index in [0.29, 0.717) is 18.7 Å². The van der Waals surface area contributed by atoms with Gasteiger partial charge in [0.15, 0.2) is 6.23 Å². The van der Waals surface area contributed by atoms with Crippen molar-refractivity contribution in [1.29, 1.82) is 0 Å². The Labute approximate surface area is 210 Å². The number of nitrogens with zero attached hydrogens (tertiary/aromatic N) is 2. The molecule has 1 aromatic heterocycles. The molecule has 1 aromatic rings. The first-order valence-electron chi connectivity index (χ1n) is 12.9. The minimum Gasteiger partial charge on any atom is -0.414 e. The molecule has 0 unspecified atom stereocenters. The fourth-order valence-electron chi connectivity index (χ4n) is 6.42. The number of hydrogen-bond acceptors (Lipinski definition) is 7. The van der Waals surface area contributed by atoms with Crippen molar-refractivity contribution >= 4 is 17.1 Å². The molecule has 11 heteroatoms. The Balaban J connectivity index is 1.88. The van der Waals surface area contributed by atoms with Crippen LogP contribution in [0, 0.1) is 6.92 Å². The third-order valence-electron chi connectivity index (χ3n) is 8.31. The van der Waals surface area contributed by atoms with E-state index in [1.54, 1.807) is 13.1 Å². The van der Waals surface area contributed by atoms with Crippen molar-refractivity contribution < 1.29 is 17.7 Å². The fraction of sp³-hybridized carbons (Fsp3) is 0.833. The van der Waals surface area contributed by atoms with Crippen LogP contribution >= 0.6 is 0 Å². The van der Waals surface area contributed by atoms with Crippen LogP contribution in [0.2, 0.25) is 22.2 Å². The Kier molecular flexibility index (Phi) is 6.96. The average molecular weight is 526 g/mol. The van der Waals surface area contributed by atoms with Crippen LogP contribution in [0.5, 0.6) is 0 Å². The van der Waals surface area contributed by atoms with Crippen molar-refractivity contribution in [3.8, 4) is 0 Å². The lowest BCUT2D eigenvalue weighted by molar-refractivity contribution is -0.154. The van der Waals surface area contributed by atoms with E-state index in [-0.39, 0.29) is 39.9 Å². The summed E-state index contributed by atoms with van der Waals surface area (Å²) in [5.41, 5.74) is -0.234. The van der Waals surface area contributed by atoms with E-state index in [0.717, 1.165) is 0 Å². The summed E-state index contributed by atoms with van der Waals surface area (Å²) in [5.74, 6) is 0. The van der Waals surface area contributed by atoms with Crippen molar-refractivity contribution in [3.63, 3.8) is 0 Å². The number of ether oxygens (including phenoxy) is 1. The van der Waals surface area contributed by atoms with E-state index in [1.807, 2.05) is 7.05 Å². The number of H-pyrrole nitrogens is 1. The topological polar surface area (TPSA) is 95.0 Å². The number of aryl methyl sites for hydroxylation is 1. The molecule has 3 fully saturated rings. The summed E-state index contributed by atoms with van der Waals surface area (Å²) in [7, 11) is -3.49. The lowest BCUT2D eigenvalue weighted by Crippen LogP contribution is -2.67. The highest BCUT2D eigenvalue weighted by Gasteiger charge is 2.70. The summed E-state index contributed by atoms with van der Waals surface area (Å²) >= 11 is 0. The van der Waals surface area contributed by atoms with Gasteiger partial charge in [-0.2, -0.15) is 0 Å². The summed E-state index contributed by atoms with van der Waals surface area (Å²) < 4.78 is 29.9. The van der Waals surface area contributed by atoms with Gasteiger partial charge in [-0.15, -0.1) is 0 Å². The Morgan fingerprint density at radius 1 is 1.00 bits per heavy atom. The minimum absolute atomic E-state index is 0.201. The van der Waals surface area contributed by atoms with Gasteiger partial charge in [0.25, 0.3) is 5.56 Å². The molecular formula is C24H43N3O6Si2. The van der Waals surface area contributed by atoms with Gasteiger partial charge in [0, 0.05) is 18.3 Å². The monoisotopic (exact) mass is 525 g/mol. The van der Waals surface area contributed by atoms with Gasteiger partial charge in [0.05, 0.1) is 18.8 Å². The number of morpholine rings is 1. The molecule has 9 nitrogen and oxygen atoms in total. The van der Waals surface area contributed by atoms with Crippen molar-refractivity contribution in [1.82, 2.24) is 14.5 Å². The van der Waals surface area contributed by atoms with E-state index in [2.05, 4.69) is 65.3 Å². The number of nitrogens with one attached hydrogen (secondary N) is 1. The van der Waals surface area contributed by atoms with Crippen LogP contribution in [0.1, 0.15) is 67.2 Å². The first kappa shape index (κ1) is 27.0. The van der Waals surface area contributed by atoms with Crippen LogP contribution < -0.4 is 11.2 Å². The first-order chi connectivity index (χ1) is 16.2. The molecule has 4 atom stereocenters. The van der Waals surface area contributed by atoms with Crippen LogP contribution in [-0.4, -0.2) is 69.5 Å². The maximum absolute atomic E-state index is 12.9. The van der Waals surface area contributed by atoms with Crippen LogP contribution in [0.15, 0.2) is 15.8 Å². The summed E-state index contributed by atoms with van der Waals surface area (Å²) in [6.45, 7) is 20.3. The van der Waals surface area contributed by atoms with E-state index in [4.69, 9.17) is 17.7 Å². The zero-order chi connectivity index (χ0) is 26.1. The fourth-order valence-corrected chi connectivity index (χ4v) is 17.7. The van der Waals surface area contributed by atoms with E-state index >= 15 is 0 Å². The molecule has 4 rings (SSSR count). The quantitative estimate of drug-likeness (QED) is 0.589. The number of rotatable bonds is 5. The second-order valence-electron chi connectivity index (χ2n) is 11.9. The van der Waals surface area contributed by atoms with Gasteiger partial charge in [-0.1, -0.05) is 55.4 Å². The third kappa shape index (κ3) is 3.98. The molecule has 0 saturated carbocycles. The lowest BCUT2D eigenvalue weighted by Gasteiger charge is -2.52. The molecule has 1 N–H and O–H groups in total. The highest BCUT2D eigenvalue weighted by Crippen LogP contribution is 2.54. The van der Waals surface area contributed by atoms with Gasteiger partial charge in [-0.25, -0.2) is 4.79 Å².